The van der Waals surface area contributed by atoms with Crippen molar-refractivity contribution in [1.82, 2.24) is 4.90 Å². The van der Waals surface area contributed by atoms with Gasteiger partial charge < -0.3 is 15.9 Å². The van der Waals surface area contributed by atoms with E-state index in [4.69, 9.17) is 5.73 Å². The molecule has 6 atom stereocenters. The predicted molar refractivity (Wildman–Crippen MR) is 120 cm³/mol. The van der Waals surface area contributed by atoms with Crippen molar-refractivity contribution in [2.75, 3.05) is 14.1 Å². The number of carbonyl (C=O) groups excluding carboxylic acids is 5. The van der Waals surface area contributed by atoms with E-state index in [2.05, 4.69) is 0 Å². The molecule has 10 heteroatoms. The summed E-state index contributed by atoms with van der Waals surface area (Å²) in [6.07, 6.45) is -0.0476. The van der Waals surface area contributed by atoms with Gasteiger partial charge in [-0.3, -0.25) is 28.9 Å². The van der Waals surface area contributed by atoms with Gasteiger partial charge in [-0.15, -0.1) is 0 Å². The van der Waals surface area contributed by atoms with Crippen molar-refractivity contribution in [3.63, 3.8) is 0 Å². The molecule has 0 aromatic heterocycles. The molecule has 2 fully saturated rings. The minimum atomic E-state index is -2.78. The Bertz CT molecular complexity index is 1200. The smallest absolute Gasteiger partial charge is 0.235 e. The minimum absolute atomic E-state index is 0.0285. The van der Waals surface area contributed by atoms with Crippen molar-refractivity contribution in [3.8, 4) is 5.75 Å². The number of primary amides is 1. The number of nitrogens with two attached hydrogens (primary N) is 1. The molecule has 1 amide bonds. The normalized spacial score (nSPS) is 32.9. The number of aromatic hydroxyl groups is 1. The highest BCUT2D eigenvalue weighted by atomic mass is 19.1. The second-order valence-electron chi connectivity index (χ2n) is 11.2. The van der Waals surface area contributed by atoms with Gasteiger partial charge in [-0.05, 0) is 49.9 Å². The number of fused-ring (bicyclic) bond motifs is 3. The van der Waals surface area contributed by atoms with E-state index in [-0.39, 0.29) is 29.5 Å². The molecule has 4 N–H and O–H groups in total. The largest absolute Gasteiger partial charge is 0.507 e. The van der Waals surface area contributed by atoms with Crippen LogP contribution in [0.5, 0.6) is 5.75 Å². The van der Waals surface area contributed by atoms with E-state index >= 15 is 0 Å². The number of amides is 1. The van der Waals surface area contributed by atoms with Crippen LogP contribution in [0.4, 0.5) is 4.39 Å². The van der Waals surface area contributed by atoms with E-state index in [0.29, 0.717) is 0 Å². The summed E-state index contributed by atoms with van der Waals surface area (Å²) in [5.74, 6) is -12.1. The van der Waals surface area contributed by atoms with Gasteiger partial charge in [0.2, 0.25) is 5.91 Å². The Hall–Kier alpha value is -2.98. The zero-order chi connectivity index (χ0) is 26.4. The second kappa shape index (κ2) is 7.76. The van der Waals surface area contributed by atoms with Gasteiger partial charge in [-0.25, -0.2) is 4.39 Å². The third-order valence-corrected chi connectivity index (χ3v) is 7.75. The van der Waals surface area contributed by atoms with Crippen LogP contribution in [0.3, 0.4) is 0 Å². The van der Waals surface area contributed by atoms with Crippen LogP contribution in [-0.2, 0) is 31.0 Å². The summed E-state index contributed by atoms with van der Waals surface area (Å²) in [4.78, 5) is 67.0. The lowest BCUT2D eigenvalue weighted by atomic mass is 9.52. The van der Waals surface area contributed by atoms with Crippen molar-refractivity contribution in [1.29, 1.82) is 0 Å². The fourth-order valence-electron chi connectivity index (χ4n) is 6.34. The molecule has 4 rings (SSSR count). The standard InChI is InChI=1S/C25H29FN2O7/c1-24(2,3)16-12(26)8-10-6-9-7-11-17(28(4)5)20(31)15(23(27)34)22(33)25(11,35)21(32)14(9)18(29)13(10)19(16)30/h8-9,11,14-15,17,30,35H,6-7H2,1-5H3,(H2,27,34)/t9-,11-,14?,15?,17-,25-/m0/s1. The number of Topliss-reactive ketones (excluding diaryl/α,β-unsaturated/α-hetero) is 4. The molecule has 1 aromatic rings. The van der Waals surface area contributed by atoms with Crippen LogP contribution in [0, 0.1) is 29.5 Å². The van der Waals surface area contributed by atoms with E-state index in [0.717, 1.165) is 0 Å². The SMILES string of the molecule is CN(C)[C@@H]1C(=O)C(C(N)=O)C(=O)[C@@]2(O)C(=O)C3C(=O)c4c(cc(F)c(C(C)(C)C)c4O)C[C@H]3C[C@@H]12. The molecule has 188 valence electrons. The molecule has 9 nitrogen and oxygen atoms in total. The molecule has 0 spiro atoms. The monoisotopic (exact) mass is 488 g/mol. The topological polar surface area (TPSA) is 155 Å². The number of ketones is 4. The highest BCUT2D eigenvalue weighted by Gasteiger charge is 2.69. The maximum Gasteiger partial charge on any atom is 0.235 e. The number of halogens is 1. The Balaban J connectivity index is 1.89. The van der Waals surface area contributed by atoms with Gasteiger partial charge in [0, 0.05) is 11.5 Å². The van der Waals surface area contributed by atoms with Crippen LogP contribution in [0.2, 0.25) is 0 Å². The van der Waals surface area contributed by atoms with Gasteiger partial charge in [0.1, 0.15) is 11.6 Å². The number of likely N-dealkylation sites (N-methyl/N-ethyl adjacent to an activating group) is 1. The summed E-state index contributed by atoms with van der Waals surface area (Å²) in [7, 11) is 3.02. The zero-order valence-electron chi connectivity index (χ0n) is 20.2. The number of phenols is 1. The predicted octanol–water partition coefficient (Wildman–Crippen LogP) is 0.304. The molecular weight excluding hydrogens is 459 g/mol. The van der Waals surface area contributed by atoms with Crippen LogP contribution >= 0.6 is 0 Å². The van der Waals surface area contributed by atoms with E-state index in [1.54, 1.807) is 20.8 Å². The van der Waals surface area contributed by atoms with Crippen LogP contribution in [0.15, 0.2) is 6.07 Å². The van der Waals surface area contributed by atoms with E-state index in [1.807, 2.05) is 0 Å². The fourth-order valence-corrected chi connectivity index (χ4v) is 6.34. The molecule has 0 radical (unpaired) electrons. The maximum absolute atomic E-state index is 15.0. The Morgan fingerprint density at radius 1 is 1.17 bits per heavy atom. The lowest BCUT2D eigenvalue weighted by Crippen LogP contribution is -2.74. The molecule has 0 heterocycles. The minimum Gasteiger partial charge on any atom is -0.507 e. The zero-order valence-corrected chi connectivity index (χ0v) is 20.2. The third kappa shape index (κ3) is 3.30. The molecule has 2 unspecified atom stereocenters. The molecular formula is C25H29FN2O7. The number of rotatable bonds is 2. The average molecular weight is 489 g/mol. The summed E-state index contributed by atoms with van der Waals surface area (Å²) in [6, 6.07) is 0.00340. The van der Waals surface area contributed by atoms with Gasteiger partial charge in [0.25, 0.3) is 0 Å². The van der Waals surface area contributed by atoms with Crippen molar-refractivity contribution in [2.45, 2.75) is 50.7 Å². The molecule has 0 bridgehead atoms. The first-order valence-corrected chi connectivity index (χ1v) is 11.4. The summed E-state index contributed by atoms with van der Waals surface area (Å²) >= 11 is 0. The molecule has 35 heavy (non-hydrogen) atoms. The van der Waals surface area contributed by atoms with Gasteiger partial charge in [-0.1, -0.05) is 20.8 Å². The molecule has 3 aliphatic rings. The van der Waals surface area contributed by atoms with Crippen LogP contribution < -0.4 is 5.73 Å². The van der Waals surface area contributed by atoms with E-state index in [1.165, 1.54) is 25.1 Å². The quantitative estimate of drug-likeness (QED) is 0.502. The third-order valence-electron chi connectivity index (χ3n) is 7.75. The Kier molecular flexibility index (Phi) is 5.57. The summed E-state index contributed by atoms with van der Waals surface area (Å²) in [5, 5.41) is 22.4. The van der Waals surface area contributed by atoms with Gasteiger partial charge in [0.05, 0.1) is 17.5 Å². The number of aliphatic hydroxyl groups is 1. The van der Waals surface area contributed by atoms with Crippen molar-refractivity contribution in [2.24, 2.45) is 29.4 Å². The van der Waals surface area contributed by atoms with Crippen LogP contribution in [-0.4, -0.2) is 69.9 Å². The Labute approximate surface area is 201 Å². The first-order valence-electron chi connectivity index (χ1n) is 11.4. The summed E-state index contributed by atoms with van der Waals surface area (Å²) in [5.41, 5.74) is 1.60. The Morgan fingerprint density at radius 2 is 1.77 bits per heavy atom. The number of carbonyl (C=O) groups is 5. The van der Waals surface area contributed by atoms with Crippen molar-refractivity contribution in [3.05, 3.63) is 28.6 Å². The number of hydrogen-bond donors (Lipinski definition) is 3. The highest BCUT2D eigenvalue weighted by Crippen LogP contribution is 2.51. The number of benzene rings is 1. The van der Waals surface area contributed by atoms with Gasteiger partial charge >= 0.3 is 0 Å². The maximum atomic E-state index is 15.0. The first-order chi connectivity index (χ1) is 16.0. The number of nitrogens with zero attached hydrogens (tertiary/aromatic N) is 1. The summed E-state index contributed by atoms with van der Waals surface area (Å²) in [6.45, 7) is 4.99. The highest BCUT2D eigenvalue weighted by molar-refractivity contribution is 6.32. The lowest BCUT2D eigenvalue weighted by Gasteiger charge is -2.52. The van der Waals surface area contributed by atoms with Crippen molar-refractivity contribution >= 4 is 29.0 Å². The Morgan fingerprint density at radius 3 is 2.29 bits per heavy atom. The molecule has 0 aliphatic heterocycles. The van der Waals surface area contributed by atoms with Crippen LogP contribution in [0.1, 0.15) is 48.7 Å². The van der Waals surface area contributed by atoms with Gasteiger partial charge in [-0.2, -0.15) is 0 Å². The average Bonchev–Trinajstić information content (AvgIpc) is 2.68. The summed E-state index contributed by atoms with van der Waals surface area (Å²) < 4.78 is 15.0. The second-order valence-corrected chi connectivity index (χ2v) is 11.2. The molecule has 3 aliphatic carbocycles. The lowest BCUT2D eigenvalue weighted by molar-refractivity contribution is -0.181. The number of phenolic OH excluding ortho intramolecular Hbond substituents is 1. The van der Waals surface area contributed by atoms with E-state index in [9.17, 15) is 38.6 Å². The number of hydrogen-bond acceptors (Lipinski definition) is 8. The van der Waals surface area contributed by atoms with Crippen molar-refractivity contribution < 1.29 is 38.6 Å². The van der Waals surface area contributed by atoms with E-state index < -0.39 is 81.3 Å². The van der Waals surface area contributed by atoms with Gasteiger partial charge in [0.15, 0.2) is 34.7 Å². The first kappa shape index (κ1) is 25.1. The molecule has 0 saturated heterocycles. The molecule has 2 saturated carbocycles. The fraction of sp³-hybridized carbons (Fsp3) is 0.560. The molecule has 1 aromatic carbocycles. The van der Waals surface area contributed by atoms with Crippen LogP contribution in [0.25, 0.3) is 0 Å².